The summed E-state index contributed by atoms with van der Waals surface area (Å²) in [5.41, 5.74) is 2.61. The molecule has 11 heavy (non-hydrogen) atoms. The van der Waals surface area contributed by atoms with E-state index in [2.05, 4.69) is 32.0 Å². The van der Waals surface area contributed by atoms with E-state index in [-0.39, 0.29) is 0 Å². The Morgan fingerprint density at radius 3 is 1.91 bits per heavy atom. The minimum absolute atomic E-state index is 1.05. The van der Waals surface area contributed by atoms with Crippen molar-refractivity contribution in [2.24, 2.45) is 0 Å². The van der Waals surface area contributed by atoms with Gasteiger partial charge in [0.05, 0.1) is 0 Å². The lowest BCUT2D eigenvalue weighted by Crippen LogP contribution is -1.88. The molecule has 0 atom stereocenters. The Morgan fingerprint density at radius 1 is 1.09 bits per heavy atom. The zero-order valence-corrected chi connectivity index (χ0v) is 7.87. The Kier molecular flexibility index (Phi) is 2.89. The molecule has 0 amide bonds. The first-order valence-electron chi connectivity index (χ1n) is 4.07. The Balaban J connectivity index is 3.10. The average molecular weight is 165 g/mol. The molecule has 0 saturated carbocycles. The molecule has 59 valence electrons. The van der Waals surface area contributed by atoms with E-state index in [9.17, 15) is 0 Å². The highest BCUT2D eigenvalue weighted by molar-refractivity contribution is 7.80. The highest BCUT2D eigenvalue weighted by Crippen LogP contribution is 2.19. The summed E-state index contributed by atoms with van der Waals surface area (Å²) in [7, 11) is 0. The van der Waals surface area contributed by atoms with E-state index in [0.29, 0.717) is 0 Å². The molecule has 0 aromatic heterocycles. The number of hydrogen-bond acceptors (Lipinski definition) is 0. The molecule has 0 saturated heterocycles. The normalized spacial score (nSPS) is 10.0. The second kappa shape index (κ2) is 3.72. The summed E-state index contributed by atoms with van der Waals surface area (Å²) in [6, 6.07) is 6.32. The monoisotopic (exact) mass is 165 g/mol. The fraction of sp³-hybridized carbons (Fsp3) is 0.400. The van der Waals surface area contributed by atoms with Crippen molar-refractivity contribution in [3.8, 4) is 0 Å². The van der Waals surface area contributed by atoms with Gasteiger partial charge in [-0.2, -0.15) is 0 Å². The highest BCUT2D eigenvalue weighted by atomic mass is 32.1. The van der Waals surface area contributed by atoms with Crippen molar-refractivity contribution in [1.82, 2.24) is 0 Å². The quantitative estimate of drug-likeness (QED) is 0.630. The van der Waals surface area contributed by atoms with Gasteiger partial charge in [-0.25, -0.2) is 0 Å². The fourth-order valence-electron chi connectivity index (χ4n) is 1.19. The molecule has 0 heterocycles. The van der Waals surface area contributed by atoms with Gasteiger partial charge in [0.15, 0.2) is 0 Å². The minimum Gasteiger partial charge on any atom is -0.0795 e. The molecule has 1 heteroatoms. The van der Waals surface area contributed by atoms with Crippen molar-refractivity contribution in [3.63, 3.8) is 0 Å². The van der Waals surface area contributed by atoms with Gasteiger partial charge in [0.25, 0.3) is 0 Å². The van der Waals surface area contributed by atoms with Crippen LogP contribution in [0, 0.1) is 0 Å². The zero-order chi connectivity index (χ0) is 8.27. The SMILES string of the molecule is CCc1cccc(CC)c1[S]. The van der Waals surface area contributed by atoms with Crippen LogP contribution in [0.2, 0.25) is 0 Å². The van der Waals surface area contributed by atoms with Crippen molar-refractivity contribution in [2.45, 2.75) is 31.6 Å². The van der Waals surface area contributed by atoms with E-state index in [1.54, 1.807) is 0 Å². The second-order valence-electron chi connectivity index (χ2n) is 2.61. The molecular weight excluding hydrogens is 152 g/mol. The van der Waals surface area contributed by atoms with Crippen LogP contribution >= 0.6 is 12.6 Å². The van der Waals surface area contributed by atoms with Crippen molar-refractivity contribution in [2.75, 3.05) is 0 Å². The lowest BCUT2D eigenvalue weighted by atomic mass is 10.1. The van der Waals surface area contributed by atoms with Gasteiger partial charge >= 0.3 is 0 Å². The summed E-state index contributed by atoms with van der Waals surface area (Å²) in [4.78, 5) is 1.07. The third kappa shape index (κ3) is 1.72. The van der Waals surface area contributed by atoms with E-state index in [1.165, 1.54) is 11.1 Å². The average Bonchev–Trinajstić information content (AvgIpc) is 2.05. The minimum atomic E-state index is 1.05. The fourth-order valence-corrected chi connectivity index (χ4v) is 1.62. The lowest BCUT2D eigenvalue weighted by Gasteiger charge is -2.04. The Bertz CT molecular complexity index is 218. The first-order valence-corrected chi connectivity index (χ1v) is 4.48. The molecule has 1 aromatic rings. The van der Waals surface area contributed by atoms with Crippen molar-refractivity contribution >= 4 is 12.6 Å². The van der Waals surface area contributed by atoms with Gasteiger partial charge in [0, 0.05) is 4.90 Å². The van der Waals surface area contributed by atoms with Gasteiger partial charge in [-0.05, 0) is 24.0 Å². The smallest absolute Gasteiger partial charge is 0.0440 e. The molecule has 0 bridgehead atoms. The van der Waals surface area contributed by atoms with Crippen LogP contribution in [0.3, 0.4) is 0 Å². The van der Waals surface area contributed by atoms with E-state index >= 15 is 0 Å². The molecule has 1 rings (SSSR count). The molecule has 0 fully saturated rings. The molecule has 1 aromatic carbocycles. The van der Waals surface area contributed by atoms with Gasteiger partial charge < -0.3 is 0 Å². The molecule has 0 aliphatic rings. The highest BCUT2D eigenvalue weighted by Gasteiger charge is 2.00. The van der Waals surface area contributed by atoms with Crippen LogP contribution in [0.4, 0.5) is 0 Å². The van der Waals surface area contributed by atoms with Crippen LogP contribution in [0.1, 0.15) is 25.0 Å². The van der Waals surface area contributed by atoms with Crippen molar-refractivity contribution in [3.05, 3.63) is 29.3 Å². The van der Waals surface area contributed by atoms with Gasteiger partial charge in [-0.3, -0.25) is 0 Å². The first kappa shape index (κ1) is 8.54. The molecule has 0 N–H and O–H groups in total. The summed E-state index contributed by atoms with van der Waals surface area (Å²) in [5, 5.41) is 0. The number of aryl methyl sites for hydroxylation is 2. The van der Waals surface area contributed by atoms with E-state index in [0.717, 1.165) is 17.7 Å². The van der Waals surface area contributed by atoms with Crippen LogP contribution < -0.4 is 0 Å². The molecule has 0 aliphatic heterocycles. The predicted molar refractivity (Wildman–Crippen MR) is 51.1 cm³/mol. The standard InChI is InChI=1S/C10H13S/c1-3-8-6-5-7-9(4-2)10(8)11/h5-7H,3-4H2,1-2H3. The summed E-state index contributed by atoms with van der Waals surface area (Å²) in [5.74, 6) is 0. The molecule has 0 unspecified atom stereocenters. The largest absolute Gasteiger partial charge is 0.0795 e. The van der Waals surface area contributed by atoms with Crippen LogP contribution in [0.5, 0.6) is 0 Å². The van der Waals surface area contributed by atoms with Crippen LogP contribution in [0.25, 0.3) is 0 Å². The Hall–Kier alpha value is -0.560. The Labute approximate surface area is 74.0 Å². The first-order chi connectivity index (χ1) is 5.29. The summed E-state index contributed by atoms with van der Waals surface area (Å²) < 4.78 is 0. The van der Waals surface area contributed by atoms with Crippen molar-refractivity contribution in [1.29, 1.82) is 0 Å². The molecular formula is C10H13S. The van der Waals surface area contributed by atoms with Gasteiger partial charge in [0.1, 0.15) is 0 Å². The number of hydrogen-bond donors (Lipinski definition) is 0. The summed E-state index contributed by atoms with van der Waals surface area (Å²) in [6.45, 7) is 4.29. The Morgan fingerprint density at radius 2 is 1.55 bits per heavy atom. The summed E-state index contributed by atoms with van der Waals surface area (Å²) in [6.07, 6.45) is 2.10. The van der Waals surface area contributed by atoms with Gasteiger partial charge in [0.2, 0.25) is 0 Å². The van der Waals surface area contributed by atoms with Crippen molar-refractivity contribution < 1.29 is 0 Å². The predicted octanol–water partition coefficient (Wildman–Crippen LogP) is 3.37. The zero-order valence-electron chi connectivity index (χ0n) is 7.05. The van der Waals surface area contributed by atoms with Crippen LogP contribution in [-0.2, 0) is 12.8 Å². The third-order valence-electron chi connectivity index (χ3n) is 1.94. The maximum absolute atomic E-state index is 5.29. The van der Waals surface area contributed by atoms with E-state index in [4.69, 9.17) is 12.6 Å². The molecule has 0 aliphatic carbocycles. The van der Waals surface area contributed by atoms with Crippen LogP contribution in [0.15, 0.2) is 23.1 Å². The summed E-state index contributed by atoms with van der Waals surface area (Å²) >= 11 is 5.29. The lowest BCUT2D eigenvalue weighted by molar-refractivity contribution is 1.01. The molecule has 0 nitrogen and oxygen atoms in total. The van der Waals surface area contributed by atoms with Crippen LogP contribution in [-0.4, -0.2) is 0 Å². The van der Waals surface area contributed by atoms with E-state index in [1.807, 2.05) is 0 Å². The van der Waals surface area contributed by atoms with E-state index < -0.39 is 0 Å². The van der Waals surface area contributed by atoms with Gasteiger partial charge in [-0.1, -0.05) is 44.7 Å². The molecule has 0 spiro atoms. The second-order valence-corrected chi connectivity index (χ2v) is 3.02. The third-order valence-corrected chi connectivity index (χ3v) is 2.46. The number of rotatable bonds is 2. The maximum Gasteiger partial charge on any atom is 0.0440 e. The van der Waals surface area contributed by atoms with Gasteiger partial charge in [-0.15, -0.1) is 0 Å². The molecule has 1 radical (unpaired) electrons. The topological polar surface area (TPSA) is 0 Å². The maximum atomic E-state index is 5.29. The number of benzene rings is 1.